The monoisotopic (exact) mass is 281 g/mol. The lowest BCUT2D eigenvalue weighted by Crippen LogP contribution is -2.50. The van der Waals surface area contributed by atoms with Crippen LogP contribution in [0.3, 0.4) is 0 Å². The Labute approximate surface area is 120 Å². The topological polar surface area (TPSA) is 52.7 Å². The van der Waals surface area contributed by atoms with E-state index in [2.05, 4.69) is 9.80 Å². The second kappa shape index (κ2) is 6.08. The number of β-amino-alcohol motifs (C(OH)–C–C–N with tert-alkyl or cyclic N) is 1. The molecule has 112 valence electrons. The molecule has 0 saturated carbocycles. The Kier molecular flexibility index (Phi) is 4.62. The van der Waals surface area contributed by atoms with E-state index in [0.717, 1.165) is 37.4 Å². The normalized spacial score (nSPS) is 17.6. The summed E-state index contributed by atoms with van der Waals surface area (Å²) in [5, 5.41) is 9.85. The average molecular weight is 281 g/mol. The summed E-state index contributed by atoms with van der Waals surface area (Å²) < 4.78 is 13.2. The first-order valence-corrected chi connectivity index (χ1v) is 7.07. The summed E-state index contributed by atoms with van der Waals surface area (Å²) in [4.78, 5) is 4.49. The van der Waals surface area contributed by atoms with Crippen LogP contribution in [0.4, 0.5) is 10.1 Å². The third kappa shape index (κ3) is 3.91. The third-order valence-electron chi connectivity index (χ3n) is 3.58. The minimum Gasteiger partial charge on any atom is -0.389 e. The zero-order valence-electron chi connectivity index (χ0n) is 12.3. The van der Waals surface area contributed by atoms with Gasteiger partial charge in [0, 0.05) is 45.0 Å². The van der Waals surface area contributed by atoms with E-state index < -0.39 is 5.60 Å². The highest BCUT2D eigenvalue weighted by atomic mass is 19.1. The number of rotatable bonds is 4. The first-order valence-electron chi connectivity index (χ1n) is 7.07. The molecule has 20 heavy (non-hydrogen) atoms. The molecule has 0 atom stereocenters. The Balaban J connectivity index is 2.00. The first kappa shape index (κ1) is 15.2. The Morgan fingerprint density at radius 1 is 1.25 bits per heavy atom. The number of hydrogen-bond acceptors (Lipinski definition) is 4. The van der Waals surface area contributed by atoms with Gasteiger partial charge < -0.3 is 15.7 Å². The Bertz CT molecular complexity index is 451. The van der Waals surface area contributed by atoms with Gasteiger partial charge in [-0.05, 0) is 37.6 Å². The molecule has 1 saturated heterocycles. The highest BCUT2D eigenvalue weighted by molar-refractivity contribution is 5.54. The number of aliphatic hydroxyl groups is 1. The van der Waals surface area contributed by atoms with Crippen LogP contribution in [0.1, 0.15) is 19.4 Å². The fraction of sp³-hybridized carbons (Fsp3) is 0.600. The quantitative estimate of drug-likeness (QED) is 0.870. The van der Waals surface area contributed by atoms with Crippen molar-refractivity contribution >= 4 is 5.69 Å². The van der Waals surface area contributed by atoms with Crippen molar-refractivity contribution in [1.29, 1.82) is 0 Å². The molecule has 0 spiro atoms. The van der Waals surface area contributed by atoms with Crippen LogP contribution in [0.25, 0.3) is 0 Å². The number of nitrogens with two attached hydrogens (primary N) is 1. The maximum absolute atomic E-state index is 13.2. The fourth-order valence-electron chi connectivity index (χ4n) is 2.72. The zero-order chi connectivity index (χ0) is 14.8. The van der Waals surface area contributed by atoms with Crippen molar-refractivity contribution < 1.29 is 9.50 Å². The van der Waals surface area contributed by atoms with Gasteiger partial charge in [-0.15, -0.1) is 0 Å². The van der Waals surface area contributed by atoms with Crippen molar-refractivity contribution in [2.45, 2.75) is 26.0 Å². The molecule has 3 N–H and O–H groups in total. The molecule has 1 aromatic rings. The predicted molar refractivity (Wildman–Crippen MR) is 79.2 cm³/mol. The van der Waals surface area contributed by atoms with Gasteiger partial charge in [-0.1, -0.05) is 0 Å². The van der Waals surface area contributed by atoms with E-state index in [9.17, 15) is 9.50 Å². The van der Waals surface area contributed by atoms with Crippen molar-refractivity contribution in [2.24, 2.45) is 5.73 Å². The summed E-state index contributed by atoms with van der Waals surface area (Å²) in [7, 11) is 0. The molecule has 1 heterocycles. The van der Waals surface area contributed by atoms with E-state index in [0.29, 0.717) is 13.1 Å². The van der Waals surface area contributed by atoms with E-state index in [1.807, 2.05) is 19.9 Å². The summed E-state index contributed by atoms with van der Waals surface area (Å²) in [6.45, 7) is 8.20. The smallest absolute Gasteiger partial charge is 0.123 e. The van der Waals surface area contributed by atoms with Gasteiger partial charge in [0.05, 0.1) is 5.60 Å². The number of anilines is 1. The summed E-state index contributed by atoms with van der Waals surface area (Å²) in [5.41, 5.74) is 6.91. The molecule has 1 aliphatic rings. The third-order valence-corrected chi connectivity index (χ3v) is 3.58. The zero-order valence-corrected chi connectivity index (χ0v) is 12.3. The summed E-state index contributed by atoms with van der Waals surface area (Å²) >= 11 is 0. The maximum atomic E-state index is 13.2. The average Bonchev–Trinajstić information content (AvgIpc) is 2.38. The lowest BCUT2D eigenvalue weighted by molar-refractivity contribution is 0.0345. The van der Waals surface area contributed by atoms with Crippen molar-refractivity contribution in [1.82, 2.24) is 4.90 Å². The highest BCUT2D eigenvalue weighted by Crippen LogP contribution is 2.23. The van der Waals surface area contributed by atoms with Crippen LogP contribution >= 0.6 is 0 Å². The Hall–Kier alpha value is -1.17. The predicted octanol–water partition coefficient (Wildman–Crippen LogP) is 1.18. The van der Waals surface area contributed by atoms with Gasteiger partial charge in [-0.25, -0.2) is 4.39 Å². The van der Waals surface area contributed by atoms with Crippen LogP contribution in [0.15, 0.2) is 18.2 Å². The minimum atomic E-state index is -0.666. The van der Waals surface area contributed by atoms with Crippen molar-refractivity contribution in [2.75, 3.05) is 37.6 Å². The molecule has 0 aromatic heterocycles. The Morgan fingerprint density at radius 2 is 1.90 bits per heavy atom. The van der Waals surface area contributed by atoms with E-state index in [1.165, 1.54) is 12.1 Å². The molecule has 0 amide bonds. The molecule has 1 fully saturated rings. The lowest BCUT2D eigenvalue weighted by atomic mass is 10.1. The molecule has 1 aliphatic heterocycles. The van der Waals surface area contributed by atoms with Crippen LogP contribution in [-0.2, 0) is 6.54 Å². The minimum absolute atomic E-state index is 0.241. The molecule has 5 heteroatoms. The maximum Gasteiger partial charge on any atom is 0.123 e. The second-order valence-electron chi connectivity index (χ2n) is 6.05. The summed E-state index contributed by atoms with van der Waals surface area (Å²) in [6.07, 6.45) is 0. The molecule has 0 unspecified atom stereocenters. The van der Waals surface area contributed by atoms with E-state index in [1.54, 1.807) is 0 Å². The molecule has 0 bridgehead atoms. The van der Waals surface area contributed by atoms with Gasteiger partial charge >= 0.3 is 0 Å². The number of halogens is 1. The van der Waals surface area contributed by atoms with E-state index in [4.69, 9.17) is 5.73 Å². The van der Waals surface area contributed by atoms with Crippen LogP contribution < -0.4 is 10.6 Å². The van der Waals surface area contributed by atoms with Crippen LogP contribution in [0.2, 0.25) is 0 Å². The van der Waals surface area contributed by atoms with Crippen molar-refractivity contribution in [3.63, 3.8) is 0 Å². The fourth-order valence-corrected chi connectivity index (χ4v) is 2.72. The largest absolute Gasteiger partial charge is 0.389 e. The first-order chi connectivity index (χ1) is 9.39. The lowest BCUT2D eigenvalue weighted by Gasteiger charge is -2.39. The summed E-state index contributed by atoms with van der Waals surface area (Å²) in [6, 6.07) is 4.80. The van der Waals surface area contributed by atoms with Gasteiger partial charge in [0.1, 0.15) is 5.82 Å². The van der Waals surface area contributed by atoms with Crippen molar-refractivity contribution in [3.8, 4) is 0 Å². The number of hydrogen-bond donors (Lipinski definition) is 2. The standard InChI is InChI=1S/C15H24FN3O/c1-15(2,20)11-18-5-7-19(8-6-18)14-4-3-13(16)9-12(14)10-17/h3-4,9,20H,5-8,10-11,17H2,1-2H3. The van der Waals surface area contributed by atoms with Crippen molar-refractivity contribution in [3.05, 3.63) is 29.6 Å². The number of piperazine rings is 1. The summed E-state index contributed by atoms with van der Waals surface area (Å²) in [5.74, 6) is -0.241. The Morgan fingerprint density at radius 3 is 2.45 bits per heavy atom. The second-order valence-corrected chi connectivity index (χ2v) is 6.05. The SMILES string of the molecule is CC(C)(O)CN1CCN(c2ccc(F)cc2CN)CC1. The number of nitrogens with zero attached hydrogens (tertiary/aromatic N) is 2. The molecule has 0 aliphatic carbocycles. The molecule has 1 aromatic carbocycles. The molecular formula is C15H24FN3O. The molecule has 2 rings (SSSR count). The van der Waals surface area contributed by atoms with Crippen LogP contribution in [0.5, 0.6) is 0 Å². The van der Waals surface area contributed by atoms with Gasteiger partial charge in [0.15, 0.2) is 0 Å². The van der Waals surface area contributed by atoms with E-state index in [-0.39, 0.29) is 5.82 Å². The van der Waals surface area contributed by atoms with Gasteiger partial charge in [-0.2, -0.15) is 0 Å². The number of benzene rings is 1. The van der Waals surface area contributed by atoms with Gasteiger partial charge in [0.25, 0.3) is 0 Å². The van der Waals surface area contributed by atoms with Crippen LogP contribution in [0, 0.1) is 5.82 Å². The van der Waals surface area contributed by atoms with Gasteiger partial charge in [0.2, 0.25) is 0 Å². The van der Waals surface area contributed by atoms with E-state index >= 15 is 0 Å². The van der Waals surface area contributed by atoms with Crippen LogP contribution in [-0.4, -0.2) is 48.3 Å². The molecule has 4 nitrogen and oxygen atoms in total. The highest BCUT2D eigenvalue weighted by Gasteiger charge is 2.23. The van der Waals surface area contributed by atoms with Gasteiger partial charge in [-0.3, -0.25) is 4.90 Å². The molecular weight excluding hydrogens is 257 g/mol. The molecule has 0 radical (unpaired) electrons.